The molecule has 5 nitrogen and oxygen atoms in total. The highest BCUT2D eigenvalue weighted by atomic mass is 32.2. The van der Waals surface area contributed by atoms with Crippen molar-refractivity contribution >= 4 is 21.2 Å². The van der Waals surface area contributed by atoms with Gasteiger partial charge in [-0.05, 0) is 37.6 Å². The van der Waals surface area contributed by atoms with Gasteiger partial charge in [0, 0.05) is 31.9 Å². The lowest BCUT2D eigenvalue weighted by molar-refractivity contribution is 0.231. The molecule has 2 aliphatic heterocycles. The first-order chi connectivity index (χ1) is 9.45. The van der Waals surface area contributed by atoms with Gasteiger partial charge in [-0.1, -0.05) is 0 Å². The zero-order chi connectivity index (χ0) is 14.3. The molecule has 0 bridgehead atoms. The van der Waals surface area contributed by atoms with E-state index in [0.29, 0.717) is 16.6 Å². The third kappa shape index (κ3) is 2.50. The van der Waals surface area contributed by atoms with Crippen LogP contribution < -0.4 is 10.6 Å². The Morgan fingerprint density at radius 2 is 2.05 bits per heavy atom. The molecule has 2 fully saturated rings. The molecular weight excluding hydrogens is 274 g/mol. The van der Waals surface area contributed by atoms with Crippen LogP contribution in [0.5, 0.6) is 0 Å². The zero-order valence-corrected chi connectivity index (χ0v) is 12.6. The Morgan fingerprint density at radius 3 is 2.75 bits per heavy atom. The normalized spacial score (nSPS) is 23.9. The Morgan fingerprint density at radius 1 is 1.25 bits per heavy atom. The Bertz CT molecular complexity index is 615. The molecule has 110 valence electrons. The summed E-state index contributed by atoms with van der Waals surface area (Å²) in [6.45, 7) is 4.22. The molecule has 0 spiro atoms. The summed E-state index contributed by atoms with van der Waals surface area (Å²) in [5.41, 5.74) is 7.58. The van der Waals surface area contributed by atoms with E-state index in [9.17, 15) is 8.42 Å². The van der Waals surface area contributed by atoms with E-state index in [1.807, 2.05) is 6.07 Å². The summed E-state index contributed by atoms with van der Waals surface area (Å²) in [7, 11) is -3.19. The largest absolute Gasteiger partial charge is 0.397 e. The molecule has 2 heterocycles. The summed E-state index contributed by atoms with van der Waals surface area (Å²) in [6, 6.07) is 5.70. The van der Waals surface area contributed by atoms with Crippen molar-refractivity contribution < 1.29 is 8.42 Å². The van der Waals surface area contributed by atoms with Gasteiger partial charge in [0.1, 0.15) is 0 Å². The van der Waals surface area contributed by atoms with Gasteiger partial charge in [-0.2, -0.15) is 0 Å². The van der Waals surface area contributed by atoms with Crippen LogP contribution in [0, 0.1) is 0 Å². The number of benzene rings is 1. The number of hydrogen-bond acceptors (Lipinski definition) is 5. The fourth-order valence-corrected chi connectivity index (χ4v) is 3.92. The van der Waals surface area contributed by atoms with Crippen molar-refractivity contribution in [1.82, 2.24) is 4.90 Å². The summed E-state index contributed by atoms with van der Waals surface area (Å²) in [5, 5.41) is 0. The number of fused-ring (bicyclic) bond motifs is 1. The smallest absolute Gasteiger partial charge is 0.175 e. The summed E-state index contributed by atoms with van der Waals surface area (Å²) >= 11 is 0. The van der Waals surface area contributed by atoms with Crippen molar-refractivity contribution in [2.75, 3.05) is 43.1 Å². The minimum Gasteiger partial charge on any atom is -0.397 e. The lowest BCUT2D eigenvalue weighted by Gasteiger charge is -2.39. The number of sulfone groups is 1. The predicted octanol–water partition coefficient (Wildman–Crippen LogP) is 0.957. The topological polar surface area (TPSA) is 66.6 Å². The van der Waals surface area contributed by atoms with E-state index >= 15 is 0 Å². The molecule has 1 atom stereocenters. The highest BCUT2D eigenvalue weighted by molar-refractivity contribution is 7.90. The fraction of sp³-hybridized carbons (Fsp3) is 0.571. The van der Waals surface area contributed by atoms with Crippen LogP contribution in [0.15, 0.2) is 23.1 Å². The Kier molecular flexibility index (Phi) is 3.38. The first kappa shape index (κ1) is 13.7. The minimum absolute atomic E-state index is 0.290. The van der Waals surface area contributed by atoms with Gasteiger partial charge in [-0.25, -0.2) is 8.42 Å². The maximum Gasteiger partial charge on any atom is 0.175 e. The second-order valence-corrected chi connectivity index (χ2v) is 7.79. The average molecular weight is 295 g/mol. The van der Waals surface area contributed by atoms with Crippen molar-refractivity contribution in [3.8, 4) is 0 Å². The van der Waals surface area contributed by atoms with Gasteiger partial charge in [0.25, 0.3) is 0 Å². The van der Waals surface area contributed by atoms with Crippen molar-refractivity contribution in [3.63, 3.8) is 0 Å². The SMILES string of the molecule is CS(=O)(=O)c1ccc(N2CCN3CCCC3C2)c(N)c1. The summed E-state index contributed by atoms with van der Waals surface area (Å²) < 4.78 is 23.1. The van der Waals surface area contributed by atoms with Crippen LogP contribution in [0.1, 0.15) is 12.8 Å². The molecule has 6 heteroatoms. The molecule has 2 N–H and O–H groups in total. The van der Waals surface area contributed by atoms with E-state index in [2.05, 4.69) is 9.80 Å². The van der Waals surface area contributed by atoms with Crippen LogP contribution in [-0.2, 0) is 9.84 Å². The van der Waals surface area contributed by atoms with Crippen LogP contribution >= 0.6 is 0 Å². The summed E-state index contributed by atoms with van der Waals surface area (Å²) in [6.07, 6.45) is 3.73. The fourth-order valence-electron chi connectivity index (χ4n) is 3.26. The van der Waals surface area contributed by atoms with E-state index in [-0.39, 0.29) is 0 Å². The van der Waals surface area contributed by atoms with Crippen LogP contribution in [0.3, 0.4) is 0 Å². The first-order valence-corrected chi connectivity index (χ1v) is 8.93. The summed E-state index contributed by atoms with van der Waals surface area (Å²) in [5.74, 6) is 0. The van der Waals surface area contributed by atoms with Gasteiger partial charge in [0.05, 0.1) is 16.3 Å². The third-order valence-corrected chi connectivity index (χ3v) is 5.47. The molecule has 1 unspecified atom stereocenters. The molecular formula is C14H21N3O2S. The van der Waals surface area contributed by atoms with Crippen LogP contribution in [0.4, 0.5) is 11.4 Å². The molecule has 0 aliphatic carbocycles. The van der Waals surface area contributed by atoms with E-state index in [1.54, 1.807) is 12.1 Å². The number of nitrogens with two attached hydrogens (primary N) is 1. The lowest BCUT2D eigenvalue weighted by Crippen LogP contribution is -2.50. The van der Waals surface area contributed by atoms with Crippen LogP contribution in [-0.4, -0.2) is 51.8 Å². The second-order valence-electron chi connectivity index (χ2n) is 5.77. The summed E-state index contributed by atoms with van der Waals surface area (Å²) in [4.78, 5) is 5.11. The molecule has 2 saturated heterocycles. The number of hydrogen-bond donors (Lipinski definition) is 1. The van der Waals surface area contributed by atoms with Crippen molar-refractivity contribution in [3.05, 3.63) is 18.2 Å². The molecule has 1 aromatic rings. The molecule has 2 aliphatic rings. The maximum absolute atomic E-state index is 11.5. The van der Waals surface area contributed by atoms with Gasteiger partial charge in [0.2, 0.25) is 0 Å². The number of rotatable bonds is 2. The Labute approximate surface area is 120 Å². The average Bonchev–Trinajstić information content (AvgIpc) is 2.84. The number of nitrogens with zero attached hydrogens (tertiary/aromatic N) is 2. The quantitative estimate of drug-likeness (QED) is 0.823. The number of anilines is 2. The van der Waals surface area contributed by atoms with Crippen molar-refractivity contribution in [2.24, 2.45) is 0 Å². The molecule has 0 saturated carbocycles. The van der Waals surface area contributed by atoms with Gasteiger partial charge >= 0.3 is 0 Å². The third-order valence-electron chi connectivity index (χ3n) is 4.36. The zero-order valence-electron chi connectivity index (χ0n) is 11.7. The van der Waals surface area contributed by atoms with E-state index in [1.165, 1.54) is 25.6 Å². The van der Waals surface area contributed by atoms with Crippen molar-refractivity contribution in [1.29, 1.82) is 0 Å². The Balaban J connectivity index is 1.84. The standard InChI is InChI=1S/C14H21N3O2S/c1-20(18,19)12-4-5-14(13(15)9-12)17-8-7-16-6-2-3-11(16)10-17/h4-5,9,11H,2-3,6-8,10,15H2,1H3. The lowest BCUT2D eigenvalue weighted by atomic mass is 10.1. The van der Waals surface area contributed by atoms with Gasteiger partial charge in [-0.3, -0.25) is 4.90 Å². The van der Waals surface area contributed by atoms with Crippen molar-refractivity contribution in [2.45, 2.75) is 23.8 Å². The first-order valence-electron chi connectivity index (χ1n) is 7.04. The Hall–Kier alpha value is -1.27. The highest BCUT2D eigenvalue weighted by Crippen LogP contribution is 2.30. The number of piperazine rings is 1. The monoisotopic (exact) mass is 295 g/mol. The van der Waals surface area contributed by atoms with Gasteiger partial charge < -0.3 is 10.6 Å². The molecule has 20 heavy (non-hydrogen) atoms. The van der Waals surface area contributed by atoms with Gasteiger partial charge in [-0.15, -0.1) is 0 Å². The molecule has 0 aromatic heterocycles. The number of nitrogen functional groups attached to an aromatic ring is 1. The van der Waals surface area contributed by atoms with E-state index < -0.39 is 9.84 Å². The molecule has 3 rings (SSSR count). The highest BCUT2D eigenvalue weighted by Gasteiger charge is 2.31. The van der Waals surface area contributed by atoms with E-state index in [0.717, 1.165) is 25.3 Å². The van der Waals surface area contributed by atoms with Crippen LogP contribution in [0.25, 0.3) is 0 Å². The second kappa shape index (κ2) is 4.93. The molecule has 1 aromatic carbocycles. The molecule has 0 radical (unpaired) electrons. The predicted molar refractivity (Wildman–Crippen MR) is 80.8 cm³/mol. The van der Waals surface area contributed by atoms with E-state index in [4.69, 9.17) is 5.73 Å². The maximum atomic E-state index is 11.5. The minimum atomic E-state index is -3.19. The van der Waals surface area contributed by atoms with Gasteiger partial charge in [0.15, 0.2) is 9.84 Å². The molecule has 0 amide bonds. The van der Waals surface area contributed by atoms with Crippen LogP contribution in [0.2, 0.25) is 0 Å².